The van der Waals surface area contributed by atoms with Gasteiger partial charge in [0.2, 0.25) is 0 Å². The van der Waals surface area contributed by atoms with Crippen LogP contribution in [-0.2, 0) is 9.59 Å². The second-order valence-corrected chi connectivity index (χ2v) is 12.6. The molecule has 2 bridgehead atoms. The standard InChI is InChI=1S/C33H23Cl2N3O8/c34-18-5-10-23(26(35)13-18)33(43)46-20-8-3-16(4-9-20)27(39)15-36(30(40)17-1-6-19(7-2-17)38(44)45)37-31(41)28-21-11-12-22(25-14-24(21)25)29(28)32(37)42/h1-13,21-22,24-25,28-29H,14-15H2/t21-,22-,24-,25-,28+,29+/m0/s1. The van der Waals surface area contributed by atoms with Crippen molar-refractivity contribution in [1.82, 2.24) is 10.0 Å². The van der Waals surface area contributed by atoms with E-state index in [4.69, 9.17) is 27.9 Å². The van der Waals surface area contributed by atoms with E-state index in [1.54, 1.807) is 0 Å². The first-order valence-electron chi connectivity index (χ1n) is 14.5. The third-order valence-electron chi connectivity index (χ3n) is 9.27. The van der Waals surface area contributed by atoms with E-state index in [-0.39, 0.29) is 45.0 Å². The number of nitro groups is 1. The number of Topliss-reactive ketones (excluding diaryl/α,β-unsaturated/α-hetero) is 1. The highest BCUT2D eigenvalue weighted by Crippen LogP contribution is 2.65. The molecule has 232 valence electrons. The minimum Gasteiger partial charge on any atom is -0.423 e. The number of ether oxygens (including phenoxy) is 1. The van der Waals surface area contributed by atoms with E-state index in [1.807, 2.05) is 12.2 Å². The number of nitro benzene ring substituents is 1. The minimum atomic E-state index is -0.834. The molecule has 3 aromatic rings. The van der Waals surface area contributed by atoms with Gasteiger partial charge in [-0.1, -0.05) is 35.4 Å². The van der Waals surface area contributed by atoms with E-state index in [0.717, 1.165) is 28.6 Å². The van der Waals surface area contributed by atoms with Gasteiger partial charge in [-0.3, -0.25) is 29.3 Å². The Bertz CT molecular complexity index is 1840. The highest BCUT2D eigenvalue weighted by molar-refractivity contribution is 6.36. The number of amides is 3. The number of carbonyl (C=O) groups excluding carboxylic acids is 5. The molecule has 2 saturated carbocycles. The molecule has 3 amide bonds. The SMILES string of the molecule is O=C(CN(C(=O)c1ccc([N+](=O)[O-])cc1)N1C(=O)[C@@H]2[C@H]3C=C[C@@H]([C@@H]4C[C@@H]34)[C@H]2C1=O)c1ccc(OC(=O)c2ccc(Cl)cc2Cl)cc1. The van der Waals surface area contributed by atoms with Gasteiger partial charge in [0, 0.05) is 28.3 Å². The van der Waals surface area contributed by atoms with Gasteiger partial charge >= 0.3 is 5.97 Å². The first kappa shape index (κ1) is 29.8. The van der Waals surface area contributed by atoms with Crippen molar-refractivity contribution in [3.63, 3.8) is 0 Å². The van der Waals surface area contributed by atoms with Crippen LogP contribution in [-0.4, -0.2) is 51.0 Å². The molecule has 5 aliphatic rings. The maximum atomic E-state index is 13.9. The van der Waals surface area contributed by atoms with Crippen molar-refractivity contribution in [2.24, 2.45) is 35.5 Å². The van der Waals surface area contributed by atoms with Gasteiger partial charge in [-0.25, -0.2) is 9.80 Å². The molecular weight excluding hydrogens is 637 g/mol. The van der Waals surface area contributed by atoms with Crippen molar-refractivity contribution in [2.45, 2.75) is 6.42 Å². The molecule has 0 unspecified atom stereocenters. The quantitative estimate of drug-likeness (QED) is 0.0593. The smallest absolute Gasteiger partial charge is 0.345 e. The molecule has 4 aliphatic carbocycles. The monoisotopic (exact) mass is 659 g/mol. The van der Waals surface area contributed by atoms with E-state index in [0.29, 0.717) is 16.9 Å². The number of carbonyl (C=O) groups is 5. The number of hydrazine groups is 1. The predicted octanol–water partition coefficient (Wildman–Crippen LogP) is 5.41. The van der Waals surface area contributed by atoms with Crippen molar-refractivity contribution < 1.29 is 33.6 Å². The van der Waals surface area contributed by atoms with E-state index in [1.165, 1.54) is 54.6 Å². The highest BCUT2D eigenvalue weighted by Gasteiger charge is 2.68. The van der Waals surface area contributed by atoms with E-state index < -0.39 is 52.8 Å². The average molecular weight is 660 g/mol. The molecule has 8 rings (SSSR count). The second kappa shape index (κ2) is 11.2. The first-order valence-corrected chi connectivity index (χ1v) is 15.2. The Balaban J connectivity index is 1.14. The van der Waals surface area contributed by atoms with Gasteiger partial charge < -0.3 is 4.74 Å². The zero-order valence-electron chi connectivity index (χ0n) is 23.7. The van der Waals surface area contributed by atoms with Crippen LogP contribution < -0.4 is 4.74 Å². The summed E-state index contributed by atoms with van der Waals surface area (Å²) in [5.74, 6) is -3.92. The van der Waals surface area contributed by atoms with Crippen LogP contribution >= 0.6 is 23.2 Å². The Hall–Kier alpha value is -4.87. The third kappa shape index (κ3) is 4.96. The molecule has 0 N–H and O–H groups in total. The minimum absolute atomic E-state index is 0.0408. The van der Waals surface area contributed by atoms with Gasteiger partial charge in [0.05, 0.1) is 27.3 Å². The van der Waals surface area contributed by atoms with E-state index >= 15 is 0 Å². The lowest BCUT2D eigenvalue weighted by Gasteiger charge is -2.37. The van der Waals surface area contributed by atoms with Crippen LogP contribution in [0.1, 0.15) is 37.5 Å². The van der Waals surface area contributed by atoms with E-state index in [2.05, 4.69) is 0 Å². The van der Waals surface area contributed by atoms with Crippen molar-refractivity contribution in [3.8, 4) is 5.75 Å². The average Bonchev–Trinajstić information content (AvgIpc) is 3.82. The van der Waals surface area contributed by atoms with Gasteiger partial charge in [-0.05, 0) is 84.7 Å². The van der Waals surface area contributed by atoms with Gasteiger partial charge in [-0.15, -0.1) is 0 Å². The highest BCUT2D eigenvalue weighted by atomic mass is 35.5. The Morgan fingerprint density at radius 2 is 1.46 bits per heavy atom. The summed E-state index contributed by atoms with van der Waals surface area (Å²) in [6.45, 7) is -0.665. The number of rotatable bonds is 8. The molecule has 3 aromatic carbocycles. The Morgan fingerprint density at radius 1 is 0.870 bits per heavy atom. The molecule has 1 heterocycles. The fourth-order valence-electron chi connectivity index (χ4n) is 7.04. The molecule has 13 heteroatoms. The maximum absolute atomic E-state index is 13.9. The van der Waals surface area contributed by atoms with Crippen LogP contribution in [0.2, 0.25) is 10.0 Å². The fourth-order valence-corrected chi connectivity index (χ4v) is 7.53. The molecular formula is C33H23Cl2N3O8. The largest absolute Gasteiger partial charge is 0.423 e. The van der Waals surface area contributed by atoms with Crippen molar-refractivity contribution in [1.29, 1.82) is 0 Å². The molecule has 6 atom stereocenters. The van der Waals surface area contributed by atoms with Gasteiger partial charge in [0.25, 0.3) is 23.4 Å². The van der Waals surface area contributed by atoms with Crippen LogP contribution in [0.15, 0.2) is 78.9 Å². The summed E-state index contributed by atoms with van der Waals surface area (Å²) in [6, 6.07) is 14.5. The van der Waals surface area contributed by atoms with Gasteiger partial charge in [0.1, 0.15) is 12.3 Å². The number of hydrogen-bond donors (Lipinski definition) is 0. The van der Waals surface area contributed by atoms with Crippen molar-refractivity contribution >= 4 is 58.4 Å². The topological polar surface area (TPSA) is 144 Å². The Morgan fingerprint density at radius 3 is 2.02 bits per heavy atom. The molecule has 46 heavy (non-hydrogen) atoms. The number of imide groups is 1. The van der Waals surface area contributed by atoms with Crippen molar-refractivity contribution in [2.75, 3.05) is 6.54 Å². The van der Waals surface area contributed by atoms with E-state index in [9.17, 15) is 34.1 Å². The molecule has 1 aliphatic heterocycles. The number of nitrogens with zero attached hydrogens (tertiary/aromatic N) is 3. The number of ketones is 1. The fraction of sp³-hybridized carbons (Fsp3) is 0.242. The summed E-state index contributed by atoms with van der Waals surface area (Å²) in [5, 5.41) is 13.3. The van der Waals surface area contributed by atoms with Crippen LogP contribution in [0.3, 0.4) is 0 Å². The number of non-ortho nitro benzene ring substituents is 1. The number of esters is 1. The Labute approximate surface area is 271 Å². The molecule has 0 aromatic heterocycles. The normalized spacial score (nSPS) is 25.1. The first-order chi connectivity index (χ1) is 22.0. The van der Waals surface area contributed by atoms with Crippen LogP contribution in [0.5, 0.6) is 5.75 Å². The number of allylic oxidation sites excluding steroid dienone is 2. The molecule has 0 spiro atoms. The summed E-state index contributed by atoms with van der Waals surface area (Å²) in [6.07, 6.45) is 4.95. The number of hydrogen-bond acceptors (Lipinski definition) is 8. The van der Waals surface area contributed by atoms with Crippen LogP contribution in [0.4, 0.5) is 5.69 Å². The lowest BCUT2D eigenvalue weighted by Crippen LogP contribution is -2.52. The lowest BCUT2D eigenvalue weighted by atomic mass is 9.63. The van der Waals surface area contributed by atoms with Gasteiger partial charge in [0.15, 0.2) is 5.78 Å². The van der Waals surface area contributed by atoms with Crippen LogP contribution in [0.25, 0.3) is 0 Å². The maximum Gasteiger partial charge on any atom is 0.345 e. The lowest BCUT2D eigenvalue weighted by molar-refractivity contribution is -0.384. The molecule has 11 nitrogen and oxygen atoms in total. The molecule has 1 saturated heterocycles. The van der Waals surface area contributed by atoms with Crippen molar-refractivity contribution in [3.05, 3.63) is 116 Å². The third-order valence-corrected chi connectivity index (χ3v) is 9.82. The number of benzene rings is 3. The zero-order valence-corrected chi connectivity index (χ0v) is 25.3. The Kier molecular flexibility index (Phi) is 7.25. The summed E-state index contributed by atoms with van der Waals surface area (Å²) in [7, 11) is 0. The van der Waals surface area contributed by atoms with Gasteiger partial charge in [-0.2, -0.15) is 5.01 Å². The summed E-state index contributed by atoms with van der Waals surface area (Å²) in [5.41, 5.74) is -0.0844. The second-order valence-electron chi connectivity index (χ2n) is 11.8. The molecule has 0 radical (unpaired) electrons. The van der Waals surface area contributed by atoms with Crippen LogP contribution in [0, 0.1) is 45.6 Å². The summed E-state index contributed by atoms with van der Waals surface area (Å²) in [4.78, 5) is 78.3. The summed E-state index contributed by atoms with van der Waals surface area (Å²) < 4.78 is 5.37. The summed E-state index contributed by atoms with van der Waals surface area (Å²) >= 11 is 12.0. The number of halogens is 2. The predicted molar refractivity (Wildman–Crippen MR) is 163 cm³/mol. The zero-order chi connectivity index (χ0) is 32.4. The molecule has 3 fully saturated rings.